The molecule has 0 atom stereocenters. The van der Waals surface area contributed by atoms with Crippen molar-refractivity contribution in [3.05, 3.63) is 55.5 Å². The van der Waals surface area contributed by atoms with Crippen LogP contribution in [0, 0.1) is 5.92 Å². The predicted octanol–water partition coefficient (Wildman–Crippen LogP) is 2.13. The molecule has 3 heterocycles. The van der Waals surface area contributed by atoms with Crippen molar-refractivity contribution >= 4 is 11.6 Å². The molecule has 1 aromatic carbocycles. The Labute approximate surface area is 150 Å². The lowest BCUT2D eigenvalue weighted by Gasteiger charge is -2.38. The fraction of sp³-hybridized carbons (Fsp3) is 0.211. The summed E-state index contributed by atoms with van der Waals surface area (Å²) < 4.78 is 7.80. The van der Waals surface area contributed by atoms with Gasteiger partial charge in [0.05, 0.1) is 6.61 Å². The van der Waals surface area contributed by atoms with E-state index in [0.717, 1.165) is 11.1 Å². The highest BCUT2D eigenvalue weighted by Crippen LogP contribution is 2.29. The zero-order chi connectivity index (χ0) is 18.1. The number of likely N-dealkylation sites (tertiary alicyclic amines) is 1. The summed E-state index contributed by atoms with van der Waals surface area (Å²) in [4.78, 5) is 13.2. The number of phenols is 1. The van der Waals surface area contributed by atoms with Crippen LogP contribution in [0.15, 0.2) is 55.5 Å². The molecule has 7 nitrogen and oxygen atoms in total. The van der Waals surface area contributed by atoms with E-state index >= 15 is 0 Å². The van der Waals surface area contributed by atoms with Crippen LogP contribution in [0.1, 0.15) is 0 Å². The second-order valence-electron chi connectivity index (χ2n) is 6.33. The number of rotatable bonds is 5. The van der Waals surface area contributed by atoms with Gasteiger partial charge >= 0.3 is 0 Å². The molecule has 132 valence electrons. The first-order chi connectivity index (χ1) is 12.6. The summed E-state index contributed by atoms with van der Waals surface area (Å²) in [6.45, 7) is 5.34. The van der Waals surface area contributed by atoms with Gasteiger partial charge < -0.3 is 14.7 Å². The number of phenolic OH excluding ortho intramolecular Hbond substituents is 1. The van der Waals surface area contributed by atoms with Gasteiger partial charge in [0.15, 0.2) is 5.75 Å². The summed E-state index contributed by atoms with van der Waals surface area (Å²) >= 11 is 0. The fourth-order valence-corrected chi connectivity index (χ4v) is 3.02. The van der Waals surface area contributed by atoms with Crippen LogP contribution < -0.4 is 4.74 Å². The number of nitrogens with zero attached hydrogens (tertiary/aromatic N) is 4. The number of benzene rings is 1. The molecule has 0 unspecified atom stereocenters. The van der Waals surface area contributed by atoms with E-state index in [1.807, 2.05) is 28.8 Å². The van der Waals surface area contributed by atoms with E-state index in [9.17, 15) is 9.90 Å². The first-order valence-corrected chi connectivity index (χ1v) is 8.31. The van der Waals surface area contributed by atoms with Crippen molar-refractivity contribution < 1.29 is 14.6 Å². The molecule has 1 aliphatic heterocycles. The fourth-order valence-electron chi connectivity index (χ4n) is 3.02. The highest BCUT2D eigenvalue weighted by Gasteiger charge is 2.29. The summed E-state index contributed by atoms with van der Waals surface area (Å²) in [5.74, 6) is 1.11. The molecule has 0 bridgehead atoms. The van der Waals surface area contributed by atoms with E-state index in [0.29, 0.717) is 37.0 Å². The van der Waals surface area contributed by atoms with Gasteiger partial charge in [-0.3, -0.25) is 9.20 Å². The van der Waals surface area contributed by atoms with E-state index in [4.69, 9.17) is 4.74 Å². The Balaban J connectivity index is 1.53. The lowest BCUT2D eigenvalue weighted by atomic mass is 10.0. The molecule has 0 radical (unpaired) electrons. The number of carbonyl (C=O) groups excluding carboxylic acids is 1. The van der Waals surface area contributed by atoms with Crippen molar-refractivity contribution in [2.45, 2.75) is 0 Å². The van der Waals surface area contributed by atoms with E-state index in [-0.39, 0.29) is 11.7 Å². The minimum absolute atomic E-state index is 0.0459. The predicted molar refractivity (Wildman–Crippen MR) is 95.8 cm³/mol. The maximum absolute atomic E-state index is 11.5. The average molecular weight is 350 g/mol. The Hall–Kier alpha value is -3.35. The van der Waals surface area contributed by atoms with Gasteiger partial charge in [0, 0.05) is 30.8 Å². The molecule has 0 aliphatic carbocycles. The van der Waals surface area contributed by atoms with Crippen LogP contribution in [-0.4, -0.2) is 50.2 Å². The second kappa shape index (κ2) is 6.51. The number of carbonyl (C=O) groups is 1. The maximum atomic E-state index is 11.5. The Kier molecular flexibility index (Phi) is 4.04. The molecule has 1 saturated heterocycles. The number of amides is 1. The average Bonchev–Trinajstić information content (AvgIpc) is 3.09. The van der Waals surface area contributed by atoms with Crippen LogP contribution in [0.5, 0.6) is 11.5 Å². The number of fused-ring (bicyclic) bond motifs is 1. The van der Waals surface area contributed by atoms with E-state index in [1.165, 1.54) is 6.08 Å². The van der Waals surface area contributed by atoms with Gasteiger partial charge in [-0.2, -0.15) is 0 Å². The van der Waals surface area contributed by atoms with Crippen LogP contribution in [0.4, 0.5) is 0 Å². The Morgan fingerprint density at radius 1 is 1.31 bits per heavy atom. The molecule has 1 N–H and O–H groups in total. The quantitative estimate of drug-likeness (QED) is 0.713. The molecular formula is C19H18N4O3. The summed E-state index contributed by atoms with van der Waals surface area (Å²) in [5, 5.41) is 17.5. The van der Waals surface area contributed by atoms with Crippen LogP contribution >= 0.6 is 0 Å². The standard InChI is InChI=1S/C19H18N4O3/c1-2-18(25)22-8-13(9-22)11-26-17-7-15(10-23-12-20-21-19(17)23)14-3-5-16(24)6-4-14/h2-7,10,12-13,24H,1,8-9,11H2. The van der Waals surface area contributed by atoms with Gasteiger partial charge in [0.2, 0.25) is 11.6 Å². The molecule has 2 aromatic heterocycles. The number of hydrogen-bond acceptors (Lipinski definition) is 5. The minimum Gasteiger partial charge on any atom is -0.508 e. The van der Waals surface area contributed by atoms with E-state index in [2.05, 4.69) is 16.8 Å². The number of aromatic hydroxyl groups is 1. The Morgan fingerprint density at radius 3 is 2.81 bits per heavy atom. The second-order valence-corrected chi connectivity index (χ2v) is 6.33. The van der Waals surface area contributed by atoms with Crippen molar-refractivity contribution in [3.8, 4) is 22.6 Å². The largest absolute Gasteiger partial charge is 0.508 e. The van der Waals surface area contributed by atoms with Crippen molar-refractivity contribution in [3.63, 3.8) is 0 Å². The third-order valence-electron chi connectivity index (χ3n) is 4.48. The summed E-state index contributed by atoms with van der Waals surface area (Å²) in [5.41, 5.74) is 2.53. The smallest absolute Gasteiger partial charge is 0.245 e. The number of ether oxygens (including phenoxy) is 1. The van der Waals surface area contributed by atoms with Crippen LogP contribution in [0.3, 0.4) is 0 Å². The van der Waals surface area contributed by atoms with Gasteiger partial charge in [-0.05, 0) is 29.8 Å². The van der Waals surface area contributed by atoms with Crippen molar-refractivity contribution in [1.29, 1.82) is 0 Å². The molecule has 7 heteroatoms. The molecular weight excluding hydrogens is 332 g/mol. The molecule has 0 saturated carbocycles. The topological polar surface area (TPSA) is 80.0 Å². The van der Waals surface area contributed by atoms with Crippen molar-refractivity contribution in [2.75, 3.05) is 19.7 Å². The Morgan fingerprint density at radius 2 is 2.08 bits per heavy atom. The SMILES string of the molecule is C=CC(=O)N1CC(COc2cc(-c3ccc(O)cc3)cn3cnnc23)C1. The number of aromatic nitrogens is 3. The molecule has 3 aromatic rings. The number of pyridine rings is 1. The zero-order valence-corrected chi connectivity index (χ0v) is 14.1. The Bertz CT molecular complexity index is 959. The monoisotopic (exact) mass is 350 g/mol. The highest BCUT2D eigenvalue weighted by atomic mass is 16.5. The highest BCUT2D eigenvalue weighted by molar-refractivity contribution is 5.87. The first kappa shape index (κ1) is 16.1. The van der Waals surface area contributed by atoms with Crippen molar-refractivity contribution in [2.24, 2.45) is 5.92 Å². The molecule has 4 rings (SSSR count). The van der Waals surface area contributed by atoms with Gasteiger partial charge in [-0.25, -0.2) is 0 Å². The van der Waals surface area contributed by atoms with Crippen LogP contribution in [0.25, 0.3) is 16.8 Å². The molecule has 26 heavy (non-hydrogen) atoms. The lowest BCUT2D eigenvalue weighted by molar-refractivity contribution is -0.132. The lowest BCUT2D eigenvalue weighted by Crippen LogP contribution is -2.51. The van der Waals surface area contributed by atoms with Gasteiger partial charge in [-0.15, -0.1) is 10.2 Å². The number of hydrogen-bond donors (Lipinski definition) is 1. The van der Waals surface area contributed by atoms with Gasteiger partial charge in [-0.1, -0.05) is 18.7 Å². The minimum atomic E-state index is -0.0459. The van der Waals surface area contributed by atoms with E-state index in [1.54, 1.807) is 23.4 Å². The summed E-state index contributed by atoms with van der Waals surface area (Å²) in [6.07, 6.45) is 4.88. The third kappa shape index (κ3) is 2.99. The molecule has 1 amide bonds. The molecule has 1 fully saturated rings. The van der Waals surface area contributed by atoms with Crippen LogP contribution in [-0.2, 0) is 4.79 Å². The maximum Gasteiger partial charge on any atom is 0.245 e. The van der Waals surface area contributed by atoms with Crippen molar-refractivity contribution in [1.82, 2.24) is 19.5 Å². The van der Waals surface area contributed by atoms with E-state index < -0.39 is 0 Å². The van der Waals surface area contributed by atoms with Gasteiger partial charge in [0.25, 0.3) is 0 Å². The molecule has 1 aliphatic rings. The van der Waals surface area contributed by atoms with Crippen LogP contribution in [0.2, 0.25) is 0 Å². The van der Waals surface area contributed by atoms with Gasteiger partial charge in [0.1, 0.15) is 12.1 Å². The third-order valence-corrected chi connectivity index (χ3v) is 4.48. The normalized spacial score (nSPS) is 14.2. The summed E-state index contributed by atoms with van der Waals surface area (Å²) in [7, 11) is 0. The molecule has 0 spiro atoms. The zero-order valence-electron chi connectivity index (χ0n) is 14.1. The summed E-state index contributed by atoms with van der Waals surface area (Å²) in [6, 6.07) is 8.89. The first-order valence-electron chi connectivity index (χ1n) is 8.31.